The van der Waals surface area contributed by atoms with Gasteiger partial charge < -0.3 is 4.74 Å². The molecule has 0 saturated carbocycles. The van der Waals surface area contributed by atoms with Gasteiger partial charge in [0, 0.05) is 0 Å². The Balaban J connectivity index is 3.13. The first-order valence-corrected chi connectivity index (χ1v) is 5.03. The second-order valence-electron chi connectivity index (χ2n) is 3.61. The number of carbonyl (C=O) groups is 1. The fraction of sp³-hybridized carbons (Fsp3) is 0.308. The van der Waals surface area contributed by atoms with E-state index in [0.29, 0.717) is 17.7 Å². The number of hydrogen-bond acceptors (Lipinski definition) is 2. The average molecular weight is 204 g/mol. The Bertz CT molecular complexity index is 354. The summed E-state index contributed by atoms with van der Waals surface area (Å²) in [5.74, 6) is 0.683. The zero-order valence-corrected chi connectivity index (χ0v) is 9.19. The topological polar surface area (TPSA) is 26.3 Å². The van der Waals surface area contributed by atoms with Crippen molar-refractivity contribution in [1.29, 1.82) is 0 Å². The lowest BCUT2D eigenvalue weighted by Crippen LogP contribution is -2.09. The van der Waals surface area contributed by atoms with Gasteiger partial charge in [0.2, 0.25) is 0 Å². The van der Waals surface area contributed by atoms with Crippen molar-refractivity contribution in [3.8, 4) is 5.75 Å². The van der Waals surface area contributed by atoms with Crippen LogP contribution >= 0.6 is 0 Å². The molecule has 15 heavy (non-hydrogen) atoms. The van der Waals surface area contributed by atoms with Crippen LogP contribution in [0.1, 0.15) is 29.8 Å². The molecule has 80 valence electrons. The van der Waals surface area contributed by atoms with Crippen LogP contribution in [0.15, 0.2) is 30.9 Å². The third-order valence-electron chi connectivity index (χ3n) is 1.97. The Morgan fingerprint density at radius 1 is 1.47 bits per heavy atom. The van der Waals surface area contributed by atoms with Crippen LogP contribution < -0.4 is 4.74 Å². The molecule has 0 N–H and O–H groups in total. The van der Waals surface area contributed by atoms with Crippen LogP contribution in [0.4, 0.5) is 0 Å². The van der Waals surface area contributed by atoms with E-state index in [9.17, 15) is 4.79 Å². The van der Waals surface area contributed by atoms with Gasteiger partial charge in [0.05, 0.1) is 11.7 Å². The van der Waals surface area contributed by atoms with E-state index in [4.69, 9.17) is 4.74 Å². The molecular weight excluding hydrogens is 188 g/mol. The summed E-state index contributed by atoms with van der Waals surface area (Å²) in [7, 11) is 0. The van der Waals surface area contributed by atoms with Gasteiger partial charge in [-0.15, -0.1) is 6.58 Å². The smallest absolute Gasteiger partial charge is 0.153 e. The van der Waals surface area contributed by atoms with Crippen molar-refractivity contribution in [2.75, 3.05) is 0 Å². The third kappa shape index (κ3) is 2.94. The molecule has 0 spiro atoms. The number of ether oxygens (including phenoxy) is 1. The van der Waals surface area contributed by atoms with E-state index >= 15 is 0 Å². The lowest BCUT2D eigenvalue weighted by molar-refractivity contribution is 0.111. The van der Waals surface area contributed by atoms with Crippen molar-refractivity contribution in [2.45, 2.75) is 26.4 Å². The highest BCUT2D eigenvalue weighted by molar-refractivity contribution is 5.80. The predicted molar refractivity (Wildman–Crippen MR) is 61.5 cm³/mol. The van der Waals surface area contributed by atoms with E-state index in [-0.39, 0.29) is 6.10 Å². The molecule has 0 bridgehead atoms. The minimum Gasteiger partial charge on any atom is -0.490 e. The fourth-order valence-corrected chi connectivity index (χ4v) is 1.39. The second kappa shape index (κ2) is 5.35. The Labute approximate surface area is 90.6 Å². The standard InChI is InChI=1S/C13H16O2/c1-4-6-11-7-5-8-12(9-14)13(11)15-10(2)3/h4-5,7-10H,1,6H2,2-3H3. The third-order valence-corrected chi connectivity index (χ3v) is 1.97. The van der Waals surface area contributed by atoms with Crippen LogP contribution in [0, 0.1) is 0 Å². The van der Waals surface area contributed by atoms with Crippen molar-refractivity contribution >= 4 is 6.29 Å². The molecule has 0 aromatic heterocycles. The number of carbonyl (C=O) groups excluding carboxylic acids is 1. The molecule has 2 heteroatoms. The Morgan fingerprint density at radius 2 is 2.20 bits per heavy atom. The van der Waals surface area contributed by atoms with Crippen molar-refractivity contribution in [3.63, 3.8) is 0 Å². The quantitative estimate of drug-likeness (QED) is 0.544. The van der Waals surface area contributed by atoms with Crippen molar-refractivity contribution in [1.82, 2.24) is 0 Å². The maximum atomic E-state index is 10.9. The number of hydrogen-bond donors (Lipinski definition) is 0. The highest BCUT2D eigenvalue weighted by Gasteiger charge is 2.09. The summed E-state index contributed by atoms with van der Waals surface area (Å²) in [5.41, 5.74) is 1.60. The van der Waals surface area contributed by atoms with Crippen LogP contribution in [0.5, 0.6) is 5.75 Å². The lowest BCUT2D eigenvalue weighted by Gasteiger charge is -2.15. The first-order chi connectivity index (χ1) is 7.19. The number of rotatable bonds is 5. The van der Waals surface area contributed by atoms with Gasteiger partial charge in [-0.05, 0) is 31.9 Å². The molecule has 0 aliphatic rings. The molecule has 0 radical (unpaired) electrons. The molecule has 0 amide bonds. The number of aldehydes is 1. The molecule has 0 saturated heterocycles. The monoisotopic (exact) mass is 204 g/mol. The van der Waals surface area contributed by atoms with Gasteiger partial charge in [-0.2, -0.15) is 0 Å². The van der Waals surface area contributed by atoms with Crippen molar-refractivity contribution in [2.24, 2.45) is 0 Å². The zero-order chi connectivity index (χ0) is 11.3. The Kier molecular flexibility index (Phi) is 4.10. The van der Waals surface area contributed by atoms with E-state index in [0.717, 1.165) is 11.8 Å². The first kappa shape index (κ1) is 11.5. The summed E-state index contributed by atoms with van der Waals surface area (Å²) in [6.07, 6.45) is 3.40. The zero-order valence-electron chi connectivity index (χ0n) is 9.19. The van der Waals surface area contributed by atoms with Gasteiger partial charge in [0.1, 0.15) is 5.75 Å². The minimum absolute atomic E-state index is 0.0645. The van der Waals surface area contributed by atoms with Crippen LogP contribution in [-0.2, 0) is 6.42 Å². The van der Waals surface area contributed by atoms with Gasteiger partial charge in [-0.3, -0.25) is 4.79 Å². The molecule has 2 nitrogen and oxygen atoms in total. The molecular formula is C13H16O2. The summed E-state index contributed by atoms with van der Waals surface area (Å²) in [6.45, 7) is 7.58. The molecule has 0 atom stereocenters. The Hall–Kier alpha value is -1.57. The average Bonchev–Trinajstić information content (AvgIpc) is 2.20. The maximum Gasteiger partial charge on any atom is 0.153 e. The number of allylic oxidation sites excluding steroid dienone is 1. The predicted octanol–water partition coefficient (Wildman–Crippen LogP) is 3.01. The van der Waals surface area contributed by atoms with E-state index in [1.165, 1.54) is 0 Å². The van der Waals surface area contributed by atoms with Gasteiger partial charge in [0.15, 0.2) is 6.29 Å². The van der Waals surface area contributed by atoms with Crippen LogP contribution in [0.2, 0.25) is 0 Å². The lowest BCUT2D eigenvalue weighted by atomic mass is 10.1. The molecule has 1 rings (SSSR count). The van der Waals surface area contributed by atoms with Gasteiger partial charge in [-0.1, -0.05) is 18.2 Å². The molecule has 0 aliphatic heterocycles. The van der Waals surface area contributed by atoms with E-state index in [1.54, 1.807) is 12.1 Å². The molecule has 0 heterocycles. The van der Waals surface area contributed by atoms with Crippen molar-refractivity contribution in [3.05, 3.63) is 42.0 Å². The Morgan fingerprint density at radius 3 is 2.73 bits per heavy atom. The molecule has 1 aromatic carbocycles. The van der Waals surface area contributed by atoms with Gasteiger partial charge in [0.25, 0.3) is 0 Å². The number of para-hydroxylation sites is 1. The molecule has 1 aromatic rings. The van der Waals surface area contributed by atoms with E-state index < -0.39 is 0 Å². The summed E-state index contributed by atoms with van der Waals surface area (Å²) in [6, 6.07) is 5.57. The highest BCUT2D eigenvalue weighted by Crippen LogP contribution is 2.24. The van der Waals surface area contributed by atoms with Crippen LogP contribution in [0.3, 0.4) is 0 Å². The molecule has 0 aliphatic carbocycles. The maximum absolute atomic E-state index is 10.9. The fourth-order valence-electron chi connectivity index (χ4n) is 1.39. The van der Waals surface area contributed by atoms with Gasteiger partial charge in [-0.25, -0.2) is 0 Å². The summed E-state index contributed by atoms with van der Waals surface area (Å²) < 4.78 is 5.64. The first-order valence-electron chi connectivity index (χ1n) is 5.03. The largest absolute Gasteiger partial charge is 0.490 e. The molecule has 0 fully saturated rings. The minimum atomic E-state index is 0.0645. The van der Waals surface area contributed by atoms with Crippen molar-refractivity contribution < 1.29 is 9.53 Å². The highest BCUT2D eigenvalue weighted by atomic mass is 16.5. The number of benzene rings is 1. The summed E-state index contributed by atoms with van der Waals surface area (Å²) in [4.78, 5) is 10.9. The SMILES string of the molecule is C=CCc1cccc(C=O)c1OC(C)C. The van der Waals surface area contributed by atoms with E-state index in [1.807, 2.05) is 26.0 Å². The second-order valence-corrected chi connectivity index (χ2v) is 3.61. The molecule has 0 unspecified atom stereocenters. The summed E-state index contributed by atoms with van der Waals surface area (Å²) >= 11 is 0. The van der Waals surface area contributed by atoms with Crippen LogP contribution in [-0.4, -0.2) is 12.4 Å². The normalized spacial score (nSPS) is 10.1. The van der Waals surface area contributed by atoms with Crippen LogP contribution in [0.25, 0.3) is 0 Å². The summed E-state index contributed by atoms with van der Waals surface area (Å²) in [5, 5.41) is 0. The van der Waals surface area contributed by atoms with E-state index in [2.05, 4.69) is 6.58 Å². The van der Waals surface area contributed by atoms with Gasteiger partial charge >= 0.3 is 0 Å².